The van der Waals surface area contributed by atoms with Crippen LogP contribution >= 0.6 is 0 Å². The standard InChI is InChI=1S/C38H42N2O9S/c1-39-14-12-23-17-30(45-3)33-20-27(23)28(39)11-8-22-6-9-26(10-7-22)48-32-19-25(35(50(42,43)44)21-31(32)46-4)16-29-36-24(13-15-40(29)2)18-34(47-5)37(41)38(36)49-33/h6-7,9-10,17-21,28-29,41H,8,11-16H2,1-5H3,(H,42,43,44)/t28-,29-/m0/s1. The molecule has 0 saturated carbocycles. The summed E-state index contributed by atoms with van der Waals surface area (Å²) in [7, 11) is 3.90. The molecular formula is C38H42N2O9S. The van der Waals surface area contributed by atoms with E-state index in [1.54, 1.807) is 19.2 Å². The van der Waals surface area contributed by atoms with E-state index in [1.165, 1.54) is 25.8 Å². The first-order valence-corrected chi connectivity index (χ1v) is 18.1. The van der Waals surface area contributed by atoms with E-state index in [4.69, 9.17) is 23.7 Å². The summed E-state index contributed by atoms with van der Waals surface area (Å²) in [6.07, 6.45) is 3.27. The zero-order valence-corrected chi connectivity index (χ0v) is 29.7. The normalized spacial score (nSPS) is 19.2. The van der Waals surface area contributed by atoms with Crippen LogP contribution in [0.5, 0.6) is 46.0 Å². The lowest BCUT2D eigenvalue weighted by Crippen LogP contribution is -2.34. The minimum Gasteiger partial charge on any atom is -0.502 e. The lowest BCUT2D eigenvalue weighted by molar-refractivity contribution is 0.217. The number of benzene rings is 4. The van der Waals surface area contributed by atoms with Crippen LogP contribution in [0.4, 0.5) is 0 Å². The molecular weight excluding hydrogens is 660 g/mol. The van der Waals surface area contributed by atoms with Gasteiger partial charge in [-0.1, -0.05) is 12.1 Å². The van der Waals surface area contributed by atoms with Crippen molar-refractivity contribution in [1.29, 1.82) is 0 Å². The van der Waals surface area contributed by atoms with E-state index in [2.05, 4.69) is 16.8 Å². The molecule has 2 atom stereocenters. The Hall–Kier alpha value is -4.49. The molecule has 50 heavy (non-hydrogen) atoms. The molecule has 0 amide bonds. The molecule has 264 valence electrons. The van der Waals surface area contributed by atoms with Crippen molar-refractivity contribution in [3.8, 4) is 46.0 Å². The van der Waals surface area contributed by atoms with Crippen molar-refractivity contribution < 1.29 is 41.8 Å². The number of ether oxygens (including phenoxy) is 5. The predicted octanol–water partition coefficient (Wildman–Crippen LogP) is 6.50. The fraction of sp³-hybridized carbons (Fsp3) is 0.368. The van der Waals surface area contributed by atoms with Crippen LogP contribution in [0.1, 0.15) is 51.9 Å². The summed E-state index contributed by atoms with van der Waals surface area (Å²) in [5.74, 6) is 2.28. The molecule has 4 heterocycles. The number of aryl methyl sites for hydroxylation is 1. The second kappa shape index (κ2) is 13.3. The van der Waals surface area contributed by atoms with Crippen molar-refractivity contribution in [3.05, 3.63) is 88.0 Å². The molecule has 11 nitrogen and oxygen atoms in total. The fourth-order valence-electron chi connectivity index (χ4n) is 7.60. The number of fused-ring (bicyclic) bond motifs is 3. The number of nitrogens with zero attached hydrogens (tertiary/aromatic N) is 2. The number of phenols is 1. The van der Waals surface area contributed by atoms with E-state index in [0.29, 0.717) is 47.1 Å². The van der Waals surface area contributed by atoms with Gasteiger partial charge in [0.25, 0.3) is 10.1 Å². The minimum absolute atomic E-state index is 0.112. The van der Waals surface area contributed by atoms with Gasteiger partial charge in [0.05, 0.1) is 21.3 Å². The molecule has 8 rings (SSSR count). The highest BCUT2D eigenvalue weighted by Crippen LogP contribution is 2.52. The van der Waals surface area contributed by atoms with Gasteiger partial charge in [-0.05, 0) is 110 Å². The van der Waals surface area contributed by atoms with Gasteiger partial charge in [0.1, 0.15) is 10.6 Å². The third-order valence-electron chi connectivity index (χ3n) is 10.3. The number of methoxy groups -OCH3 is 3. The largest absolute Gasteiger partial charge is 0.502 e. The molecule has 0 radical (unpaired) electrons. The molecule has 0 fully saturated rings. The van der Waals surface area contributed by atoms with Crippen LogP contribution < -0.4 is 23.7 Å². The summed E-state index contributed by atoms with van der Waals surface area (Å²) in [5.41, 5.74) is 5.33. The summed E-state index contributed by atoms with van der Waals surface area (Å²) in [6.45, 7) is 1.53. The Balaban J connectivity index is 1.48. The third kappa shape index (κ3) is 6.21. The van der Waals surface area contributed by atoms with Gasteiger partial charge in [0, 0.05) is 36.8 Å². The van der Waals surface area contributed by atoms with Gasteiger partial charge < -0.3 is 28.8 Å². The van der Waals surface area contributed by atoms with Gasteiger partial charge >= 0.3 is 0 Å². The molecule has 12 heteroatoms. The Morgan fingerprint density at radius 2 is 1.36 bits per heavy atom. The summed E-state index contributed by atoms with van der Waals surface area (Å²) in [5, 5.41) is 11.7. The SMILES string of the molecule is COc1cc(S(=O)(=O)O)c2cc1Oc1ccc(cc1)CC[C@H]1c3cc(c(OC)cc3CCN1C)Oc1c(O)c(OC)cc3c1[C@H](C2)N(C)CC3. The lowest BCUT2D eigenvalue weighted by Gasteiger charge is -2.37. The fourth-order valence-corrected chi connectivity index (χ4v) is 8.33. The van der Waals surface area contributed by atoms with Crippen LogP contribution in [0, 0.1) is 0 Å². The molecule has 0 aliphatic carbocycles. The highest BCUT2D eigenvalue weighted by molar-refractivity contribution is 7.85. The van der Waals surface area contributed by atoms with Crippen molar-refractivity contribution in [2.45, 2.75) is 49.1 Å². The van der Waals surface area contributed by atoms with E-state index >= 15 is 0 Å². The summed E-state index contributed by atoms with van der Waals surface area (Å²) in [6, 6.07) is 16.2. The summed E-state index contributed by atoms with van der Waals surface area (Å²) < 4.78 is 66.2. The number of aromatic hydroxyl groups is 1. The van der Waals surface area contributed by atoms with Crippen molar-refractivity contribution in [3.63, 3.8) is 0 Å². The van der Waals surface area contributed by atoms with Gasteiger partial charge in [-0.25, -0.2) is 0 Å². The topological polar surface area (TPSA) is 127 Å². The Morgan fingerprint density at radius 3 is 2.04 bits per heavy atom. The zero-order chi connectivity index (χ0) is 35.3. The number of hydrogen-bond donors (Lipinski definition) is 2. The Kier molecular flexibility index (Phi) is 9.06. The van der Waals surface area contributed by atoms with Crippen molar-refractivity contribution >= 4 is 10.1 Å². The summed E-state index contributed by atoms with van der Waals surface area (Å²) >= 11 is 0. The van der Waals surface area contributed by atoms with Crippen LogP contribution in [0.25, 0.3) is 0 Å². The first kappa shape index (κ1) is 34.0. The van der Waals surface area contributed by atoms with Gasteiger partial charge in [0.15, 0.2) is 34.5 Å². The quantitative estimate of drug-likeness (QED) is 0.227. The Bertz CT molecular complexity index is 2050. The van der Waals surface area contributed by atoms with Crippen molar-refractivity contribution in [1.82, 2.24) is 9.80 Å². The van der Waals surface area contributed by atoms with Crippen LogP contribution in [-0.4, -0.2) is 76.4 Å². The lowest BCUT2D eigenvalue weighted by atomic mass is 9.87. The van der Waals surface area contributed by atoms with E-state index in [-0.39, 0.29) is 40.4 Å². The van der Waals surface area contributed by atoms with Crippen LogP contribution in [0.2, 0.25) is 0 Å². The number of hydrogen-bond acceptors (Lipinski definition) is 10. The molecule has 0 spiro atoms. The van der Waals surface area contributed by atoms with Crippen LogP contribution in [0.15, 0.2) is 59.5 Å². The minimum atomic E-state index is -4.68. The predicted molar refractivity (Wildman–Crippen MR) is 187 cm³/mol. The maximum atomic E-state index is 12.8. The molecule has 4 aliphatic heterocycles. The van der Waals surface area contributed by atoms with Gasteiger partial charge in [-0.2, -0.15) is 8.42 Å². The first-order valence-electron chi connectivity index (χ1n) is 16.7. The van der Waals surface area contributed by atoms with E-state index in [1.807, 2.05) is 43.4 Å². The number of likely N-dealkylation sites (N-methyl/N-ethyl adjacent to an activating group) is 2. The third-order valence-corrected chi connectivity index (χ3v) is 11.3. The van der Waals surface area contributed by atoms with Crippen LogP contribution in [-0.2, 0) is 35.8 Å². The number of phenolic OH excluding ortho intramolecular Hbond substituents is 1. The van der Waals surface area contributed by atoms with E-state index in [9.17, 15) is 18.1 Å². The average molecular weight is 703 g/mol. The smallest absolute Gasteiger partial charge is 0.294 e. The first-order chi connectivity index (χ1) is 24.0. The van der Waals surface area contributed by atoms with Crippen LogP contribution in [0.3, 0.4) is 0 Å². The molecule has 0 saturated heterocycles. The molecule has 6 bridgehead atoms. The molecule has 0 aromatic heterocycles. The maximum Gasteiger partial charge on any atom is 0.294 e. The maximum absolute atomic E-state index is 12.8. The zero-order valence-electron chi connectivity index (χ0n) is 28.9. The molecule has 4 aliphatic rings. The van der Waals surface area contributed by atoms with Crippen molar-refractivity contribution in [2.24, 2.45) is 0 Å². The van der Waals surface area contributed by atoms with Gasteiger partial charge in [-0.15, -0.1) is 0 Å². The monoisotopic (exact) mass is 702 g/mol. The Labute approximate surface area is 292 Å². The van der Waals surface area contributed by atoms with Gasteiger partial charge in [-0.3, -0.25) is 14.4 Å². The molecule has 4 aromatic rings. The van der Waals surface area contributed by atoms with Gasteiger partial charge in [0.2, 0.25) is 5.75 Å². The second-order valence-electron chi connectivity index (χ2n) is 13.2. The average Bonchev–Trinajstić information content (AvgIpc) is 3.09. The highest BCUT2D eigenvalue weighted by Gasteiger charge is 2.35. The van der Waals surface area contributed by atoms with E-state index < -0.39 is 16.2 Å². The summed E-state index contributed by atoms with van der Waals surface area (Å²) in [4.78, 5) is 4.14. The highest BCUT2D eigenvalue weighted by atomic mass is 32.2. The van der Waals surface area contributed by atoms with E-state index in [0.717, 1.165) is 42.5 Å². The molecule has 2 N–H and O–H groups in total. The second-order valence-corrected chi connectivity index (χ2v) is 14.6. The molecule has 4 aromatic carbocycles. The number of rotatable bonds is 4. The van der Waals surface area contributed by atoms with Crippen molar-refractivity contribution in [2.75, 3.05) is 48.5 Å². The molecule has 0 unspecified atom stereocenters. The Morgan fingerprint density at radius 1 is 0.740 bits per heavy atom.